The predicted molar refractivity (Wildman–Crippen MR) is 94.3 cm³/mol. The van der Waals surface area contributed by atoms with Crippen molar-refractivity contribution in [2.45, 2.75) is 18.7 Å². The Kier molecular flexibility index (Phi) is 6.34. The van der Waals surface area contributed by atoms with Crippen LogP contribution in [0.5, 0.6) is 5.75 Å². The molecule has 2 aromatic carbocycles. The van der Waals surface area contributed by atoms with Gasteiger partial charge in [0.2, 0.25) is 0 Å². The number of carbonyl (C=O) groups is 1. The molecule has 0 aliphatic heterocycles. The molecule has 7 nitrogen and oxygen atoms in total. The van der Waals surface area contributed by atoms with E-state index in [1.54, 1.807) is 0 Å². The third-order valence-corrected chi connectivity index (χ3v) is 3.95. The van der Waals surface area contributed by atoms with Crippen LogP contribution in [0, 0.1) is 15.9 Å². The summed E-state index contributed by atoms with van der Waals surface area (Å²) >= 11 is 5.58. The number of nitrogens with one attached hydrogen (secondary N) is 1. The number of ether oxygens (including phenoxy) is 1. The average molecular weight is 437 g/mol. The van der Waals surface area contributed by atoms with Crippen molar-refractivity contribution >= 4 is 28.9 Å². The molecular weight excluding hydrogens is 424 g/mol. The summed E-state index contributed by atoms with van der Waals surface area (Å²) in [6.07, 6.45) is -5.03. The van der Waals surface area contributed by atoms with Crippen LogP contribution >= 0.6 is 11.6 Å². The van der Waals surface area contributed by atoms with Crippen molar-refractivity contribution in [1.29, 1.82) is 0 Å². The number of rotatable bonds is 6. The molecule has 2 N–H and O–H groups in total. The number of nitro groups is 1. The van der Waals surface area contributed by atoms with E-state index in [-0.39, 0.29) is 10.8 Å². The lowest BCUT2D eigenvalue weighted by Crippen LogP contribution is -2.45. The zero-order valence-electron chi connectivity index (χ0n) is 14.6. The van der Waals surface area contributed by atoms with Gasteiger partial charge in [-0.3, -0.25) is 14.9 Å². The second-order valence-corrected chi connectivity index (χ2v) is 6.49. The maximum absolute atomic E-state index is 13.1. The van der Waals surface area contributed by atoms with Gasteiger partial charge in [-0.05, 0) is 31.2 Å². The van der Waals surface area contributed by atoms with Crippen molar-refractivity contribution in [2.75, 3.05) is 11.9 Å². The van der Waals surface area contributed by atoms with Crippen molar-refractivity contribution in [3.8, 4) is 5.75 Å². The van der Waals surface area contributed by atoms with Crippen molar-refractivity contribution in [3.05, 3.63) is 62.9 Å². The largest absolute Gasteiger partial charge is 0.490 e. The normalized spacial score (nSPS) is 13.5. The van der Waals surface area contributed by atoms with Gasteiger partial charge in [-0.15, -0.1) is 0 Å². The van der Waals surface area contributed by atoms with E-state index >= 15 is 0 Å². The van der Waals surface area contributed by atoms with Crippen molar-refractivity contribution in [2.24, 2.45) is 0 Å². The molecule has 0 fully saturated rings. The minimum Gasteiger partial charge on any atom is -0.490 e. The number of alkyl halides is 3. The topological polar surface area (TPSA) is 102 Å². The number of halogens is 5. The summed E-state index contributed by atoms with van der Waals surface area (Å²) in [5.41, 5.74) is -5.37. The third-order valence-electron chi connectivity index (χ3n) is 3.66. The first kappa shape index (κ1) is 22.4. The molecule has 156 valence electrons. The van der Waals surface area contributed by atoms with Gasteiger partial charge in [0.1, 0.15) is 23.7 Å². The number of amides is 1. The molecule has 0 saturated carbocycles. The van der Waals surface area contributed by atoms with Crippen LogP contribution in [0.2, 0.25) is 5.02 Å². The van der Waals surface area contributed by atoms with E-state index in [0.717, 1.165) is 25.1 Å². The molecule has 0 bridgehead atoms. The summed E-state index contributed by atoms with van der Waals surface area (Å²) in [5.74, 6) is -1.80. The van der Waals surface area contributed by atoms with E-state index in [0.29, 0.717) is 12.1 Å². The zero-order chi connectivity index (χ0) is 22.0. The molecule has 2 rings (SSSR count). The maximum Gasteiger partial charge on any atom is 0.423 e. The summed E-state index contributed by atoms with van der Waals surface area (Å²) in [6, 6.07) is 5.17. The van der Waals surface area contributed by atoms with E-state index in [9.17, 15) is 37.6 Å². The Balaban J connectivity index is 2.15. The number of benzene rings is 2. The number of nitrogens with zero attached hydrogens (tertiary/aromatic N) is 1. The second kappa shape index (κ2) is 8.21. The van der Waals surface area contributed by atoms with E-state index in [2.05, 4.69) is 0 Å². The first-order chi connectivity index (χ1) is 13.3. The van der Waals surface area contributed by atoms with Crippen LogP contribution in [0.1, 0.15) is 12.5 Å². The Hall–Kier alpha value is -2.92. The first-order valence-corrected chi connectivity index (χ1v) is 8.16. The number of carbonyl (C=O) groups excluding carboxylic acids is 1. The second-order valence-electron chi connectivity index (χ2n) is 6.08. The summed E-state index contributed by atoms with van der Waals surface area (Å²) in [7, 11) is 0. The highest BCUT2D eigenvalue weighted by Gasteiger charge is 2.39. The van der Waals surface area contributed by atoms with E-state index in [4.69, 9.17) is 16.3 Å². The number of nitro benzene ring substituents is 1. The molecule has 0 aromatic heterocycles. The highest BCUT2D eigenvalue weighted by atomic mass is 35.5. The van der Waals surface area contributed by atoms with Gasteiger partial charge in [0.25, 0.3) is 11.6 Å². The molecule has 1 atom stereocenters. The monoisotopic (exact) mass is 436 g/mol. The fourth-order valence-electron chi connectivity index (χ4n) is 2.12. The molecular formula is C17H13ClF4N2O5. The highest BCUT2D eigenvalue weighted by Crippen LogP contribution is 2.37. The van der Waals surface area contributed by atoms with Crippen molar-refractivity contribution in [3.63, 3.8) is 0 Å². The Morgan fingerprint density at radius 1 is 1.28 bits per heavy atom. The van der Waals surface area contributed by atoms with Crippen LogP contribution in [0.4, 0.5) is 28.9 Å². The number of hydrogen-bond acceptors (Lipinski definition) is 5. The van der Waals surface area contributed by atoms with Gasteiger partial charge in [0.05, 0.1) is 9.95 Å². The molecule has 0 radical (unpaired) electrons. The van der Waals surface area contributed by atoms with E-state index in [1.807, 2.05) is 5.32 Å². The zero-order valence-corrected chi connectivity index (χ0v) is 15.3. The van der Waals surface area contributed by atoms with E-state index in [1.165, 1.54) is 6.07 Å². The fraction of sp³-hybridized carbons (Fsp3) is 0.235. The van der Waals surface area contributed by atoms with Gasteiger partial charge in [-0.2, -0.15) is 13.2 Å². The van der Waals surface area contributed by atoms with Crippen molar-refractivity contribution < 1.29 is 37.1 Å². The minimum atomic E-state index is -5.03. The molecule has 0 spiro atoms. The van der Waals surface area contributed by atoms with Crippen LogP contribution in [-0.2, 0) is 11.0 Å². The molecule has 2 aromatic rings. The lowest BCUT2D eigenvalue weighted by molar-refractivity contribution is -0.388. The Morgan fingerprint density at radius 3 is 2.48 bits per heavy atom. The molecule has 0 aliphatic rings. The SMILES string of the molecule is C[C@](O)(COc1ccc(F)c(Cl)c1)C(=O)Nc1ccc([N+](=O)[O-])c(C(F)(F)F)c1. The Morgan fingerprint density at radius 2 is 1.93 bits per heavy atom. The fourth-order valence-corrected chi connectivity index (χ4v) is 2.29. The standard InChI is InChI=1S/C17H13ClF4N2O5/c1-16(26,8-29-10-3-4-13(19)12(18)7-10)15(25)23-9-2-5-14(24(27)28)11(6-9)17(20,21)22/h2-7,26H,8H2,1H3,(H,23,25)/t16-/m0/s1. The molecule has 1 amide bonds. The summed E-state index contributed by atoms with van der Waals surface area (Å²) < 4.78 is 57.3. The van der Waals surface area contributed by atoms with Gasteiger partial charge < -0.3 is 15.2 Å². The quantitative estimate of drug-likeness (QED) is 0.402. The summed E-state index contributed by atoms with van der Waals surface area (Å²) in [4.78, 5) is 21.8. The minimum absolute atomic E-state index is 0.0409. The Labute approximate surface area is 166 Å². The molecule has 0 heterocycles. The molecule has 0 saturated heterocycles. The average Bonchev–Trinajstić information content (AvgIpc) is 2.61. The van der Waals surface area contributed by atoms with Crippen molar-refractivity contribution in [1.82, 2.24) is 0 Å². The van der Waals surface area contributed by atoms with Gasteiger partial charge in [-0.1, -0.05) is 11.6 Å². The smallest absolute Gasteiger partial charge is 0.423 e. The van der Waals surface area contributed by atoms with Crippen LogP contribution in [0.3, 0.4) is 0 Å². The van der Waals surface area contributed by atoms with Gasteiger partial charge in [-0.25, -0.2) is 4.39 Å². The molecule has 0 unspecified atom stereocenters. The van der Waals surface area contributed by atoms with Gasteiger partial charge in [0, 0.05) is 17.8 Å². The maximum atomic E-state index is 13.1. The predicted octanol–water partition coefficient (Wildman–Crippen LogP) is 4.17. The lowest BCUT2D eigenvalue weighted by Gasteiger charge is -2.23. The van der Waals surface area contributed by atoms with E-state index < -0.39 is 52.0 Å². The third kappa shape index (κ3) is 5.55. The highest BCUT2D eigenvalue weighted by molar-refractivity contribution is 6.30. The number of aliphatic hydroxyl groups is 1. The lowest BCUT2D eigenvalue weighted by atomic mass is 10.1. The number of anilines is 1. The number of hydrogen-bond donors (Lipinski definition) is 2. The molecule has 29 heavy (non-hydrogen) atoms. The molecule has 12 heteroatoms. The molecule has 0 aliphatic carbocycles. The first-order valence-electron chi connectivity index (χ1n) is 7.78. The van der Waals surface area contributed by atoms with Crippen LogP contribution in [-0.4, -0.2) is 28.1 Å². The van der Waals surface area contributed by atoms with Crippen LogP contribution in [0.25, 0.3) is 0 Å². The summed E-state index contributed by atoms with van der Waals surface area (Å²) in [6.45, 7) is 0.392. The van der Waals surface area contributed by atoms with Crippen LogP contribution < -0.4 is 10.1 Å². The summed E-state index contributed by atoms with van der Waals surface area (Å²) in [5, 5.41) is 22.8. The Bertz CT molecular complexity index is 950. The van der Waals surface area contributed by atoms with Gasteiger partial charge >= 0.3 is 6.18 Å². The van der Waals surface area contributed by atoms with Crippen LogP contribution in [0.15, 0.2) is 36.4 Å². The van der Waals surface area contributed by atoms with Gasteiger partial charge in [0.15, 0.2) is 5.60 Å².